The maximum absolute atomic E-state index is 12.9. The van der Waals surface area contributed by atoms with E-state index >= 15 is 0 Å². The van der Waals surface area contributed by atoms with Crippen LogP contribution in [0.1, 0.15) is 20.7 Å². The second-order valence-electron chi connectivity index (χ2n) is 8.07. The van der Waals surface area contributed by atoms with Gasteiger partial charge in [-0.05, 0) is 29.3 Å². The highest BCUT2D eigenvalue weighted by atomic mass is 16.5. The number of rotatable bonds is 7. The van der Waals surface area contributed by atoms with Crippen molar-refractivity contribution in [3.05, 3.63) is 96.1 Å². The summed E-state index contributed by atoms with van der Waals surface area (Å²) in [7, 11) is 0. The quantitative estimate of drug-likeness (QED) is 0.444. The Labute approximate surface area is 192 Å². The fourth-order valence-corrected chi connectivity index (χ4v) is 3.86. The lowest BCUT2D eigenvalue weighted by Crippen LogP contribution is -2.53. The first-order valence-electron chi connectivity index (χ1n) is 10.8. The van der Waals surface area contributed by atoms with E-state index in [0.29, 0.717) is 11.1 Å². The summed E-state index contributed by atoms with van der Waals surface area (Å²) in [5.41, 5.74) is 1.02. The van der Waals surface area contributed by atoms with E-state index in [1.807, 2.05) is 42.5 Å². The molecule has 1 unspecified atom stereocenters. The van der Waals surface area contributed by atoms with Crippen molar-refractivity contribution in [1.82, 2.24) is 10.6 Å². The van der Waals surface area contributed by atoms with Gasteiger partial charge in [0.1, 0.15) is 17.8 Å². The maximum Gasteiger partial charge on any atom is 0.252 e. The molecule has 33 heavy (non-hydrogen) atoms. The monoisotopic (exact) mass is 446 g/mol. The third kappa shape index (κ3) is 5.12. The van der Waals surface area contributed by atoms with Crippen molar-refractivity contribution in [3.63, 3.8) is 0 Å². The van der Waals surface area contributed by atoms with Crippen LogP contribution >= 0.6 is 0 Å². The van der Waals surface area contributed by atoms with E-state index in [9.17, 15) is 19.8 Å². The summed E-state index contributed by atoms with van der Waals surface area (Å²) in [4.78, 5) is 25.1. The van der Waals surface area contributed by atoms with Gasteiger partial charge in [0.15, 0.2) is 0 Å². The maximum atomic E-state index is 12.9. The zero-order valence-electron chi connectivity index (χ0n) is 18.0. The Bertz CT molecular complexity index is 1110. The summed E-state index contributed by atoms with van der Waals surface area (Å²) in [6.07, 6.45) is -2.09. The predicted octanol–water partition coefficient (Wildman–Crippen LogP) is 2.00. The predicted molar refractivity (Wildman–Crippen MR) is 124 cm³/mol. The number of aliphatic hydroxyl groups is 2. The third-order valence-corrected chi connectivity index (χ3v) is 5.76. The van der Waals surface area contributed by atoms with Gasteiger partial charge < -0.3 is 25.6 Å². The number of carbonyl (C=O) groups is 2. The van der Waals surface area contributed by atoms with Crippen LogP contribution in [0.15, 0.2) is 84.9 Å². The largest absolute Gasteiger partial charge is 0.387 e. The highest BCUT2D eigenvalue weighted by Gasteiger charge is 2.48. The fourth-order valence-electron chi connectivity index (χ4n) is 3.86. The lowest BCUT2D eigenvalue weighted by Gasteiger charge is -2.26. The lowest BCUT2D eigenvalue weighted by atomic mass is 9.96. The Morgan fingerprint density at radius 3 is 2.24 bits per heavy atom. The Morgan fingerprint density at radius 1 is 0.879 bits per heavy atom. The molecule has 1 saturated heterocycles. The first-order valence-corrected chi connectivity index (χ1v) is 10.8. The smallest absolute Gasteiger partial charge is 0.252 e. The molecule has 1 heterocycles. The van der Waals surface area contributed by atoms with Crippen LogP contribution in [0.5, 0.6) is 0 Å². The number of amides is 2. The van der Waals surface area contributed by atoms with Gasteiger partial charge in [0.25, 0.3) is 11.8 Å². The van der Waals surface area contributed by atoms with Crippen molar-refractivity contribution in [2.45, 2.75) is 17.8 Å². The zero-order chi connectivity index (χ0) is 23.3. The minimum Gasteiger partial charge on any atom is -0.387 e. The highest BCUT2D eigenvalue weighted by molar-refractivity contribution is 6.00. The molecule has 7 heteroatoms. The second-order valence-corrected chi connectivity index (χ2v) is 8.07. The molecule has 7 nitrogen and oxygen atoms in total. The lowest BCUT2D eigenvalue weighted by molar-refractivity contribution is -0.0464. The van der Waals surface area contributed by atoms with Crippen molar-refractivity contribution in [2.75, 3.05) is 19.7 Å². The van der Waals surface area contributed by atoms with Gasteiger partial charge in [-0.15, -0.1) is 0 Å². The van der Waals surface area contributed by atoms with Gasteiger partial charge in [-0.2, -0.15) is 0 Å². The Morgan fingerprint density at radius 2 is 1.52 bits per heavy atom. The van der Waals surface area contributed by atoms with Gasteiger partial charge in [0.05, 0.1) is 13.2 Å². The average molecular weight is 447 g/mol. The van der Waals surface area contributed by atoms with E-state index in [1.165, 1.54) is 0 Å². The molecule has 3 aromatic rings. The number of ether oxygens (including phenoxy) is 1. The standard InChI is InChI=1S/C26H26N2O5/c29-23-22(33-17-26(23,32)16-28-24(30)19-11-5-2-6-12-19)15-27-25(31)21-14-8-7-13-20(21)18-9-3-1-4-10-18/h1-14,22-23,29,32H,15-17H2,(H,27,31)(H,28,30)/t22-,23?,26+/m1/s1. The van der Waals surface area contributed by atoms with E-state index in [1.54, 1.807) is 42.5 Å². The van der Waals surface area contributed by atoms with Crippen LogP contribution in [0.3, 0.4) is 0 Å². The van der Waals surface area contributed by atoms with Crippen LogP contribution in [0.2, 0.25) is 0 Å². The molecule has 0 bridgehead atoms. The number of aliphatic hydroxyl groups excluding tert-OH is 1. The molecule has 1 fully saturated rings. The Balaban J connectivity index is 1.35. The molecule has 3 atom stereocenters. The number of hydrogen-bond donors (Lipinski definition) is 4. The molecule has 0 saturated carbocycles. The van der Waals surface area contributed by atoms with Crippen molar-refractivity contribution in [2.24, 2.45) is 0 Å². The SMILES string of the molecule is O=C(NC[C@]1(O)CO[C@H](CNC(=O)c2ccccc2-c2ccccc2)C1O)c1ccccc1. The van der Waals surface area contributed by atoms with Crippen molar-refractivity contribution in [1.29, 1.82) is 0 Å². The molecule has 3 aromatic carbocycles. The van der Waals surface area contributed by atoms with Crippen molar-refractivity contribution in [3.8, 4) is 11.1 Å². The van der Waals surface area contributed by atoms with Gasteiger partial charge >= 0.3 is 0 Å². The summed E-state index contributed by atoms with van der Waals surface area (Å²) in [5.74, 6) is -0.663. The van der Waals surface area contributed by atoms with Crippen LogP contribution in [-0.4, -0.2) is 59.5 Å². The normalized spacial score (nSPS) is 22.0. The molecule has 2 amide bonds. The van der Waals surface area contributed by atoms with E-state index in [-0.39, 0.29) is 31.5 Å². The molecule has 1 aliphatic heterocycles. The van der Waals surface area contributed by atoms with E-state index in [0.717, 1.165) is 11.1 Å². The Hall–Kier alpha value is -3.52. The van der Waals surface area contributed by atoms with E-state index in [4.69, 9.17) is 4.74 Å². The minimum absolute atomic E-state index is 0.0120. The fraction of sp³-hybridized carbons (Fsp3) is 0.231. The first-order chi connectivity index (χ1) is 16.0. The summed E-state index contributed by atoms with van der Waals surface area (Å²) in [6.45, 7) is -0.328. The molecular weight excluding hydrogens is 420 g/mol. The van der Waals surface area contributed by atoms with Crippen LogP contribution in [0, 0.1) is 0 Å². The van der Waals surface area contributed by atoms with Crippen molar-refractivity contribution < 1.29 is 24.5 Å². The number of benzene rings is 3. The van der Waals surface area contributed by atoms with E-state index in [2.05, 4.69) is 10.6 Å². The first kappa shape index (κ1) is 22.7. The van der Waals surface area contributed by atoms with E-state index < -0.39 is 17.8 Å². The van der Waals surface area contributed by atoms with Crippen LogP contribution in [0.25, 0.3) is 11.1 Å². The second kappa shape index (κ2) is 9.95. The zero-order valence-corrected chi connectivity index (χ0v) is 18.0. The molecule has 0 spiro atoms. The minimum atomic E-state index is -1.65. The summed E-state index contributed by atoms with van der Waals surface area (Å²) < 4.78 is 5.55. The third-order valence-electron chi connectivity index (χ3n) is 5.76. The van der Waals surface area contributed by atoms with Gasteiger partial charge in [-0.25, -0.2) is 0 Å². The summed E-state index contributed by atoms with van der Waals surface area (Å²) in [5, 5.41) is 26.8. The van der Waals surface area contributed by atoms with Crippen LogP contribution < -0.4 is 10.6 Å². The van der Waals surface area contributed by atoms with Crippen LogP contribution in [0.4, 0.5) is 0 Å². The number of hydrogen-bond acceptors (Lipinski definition) is 5. The van der Waals surface area contributed by atoms with Crippen LogP contribution in [-0.2, 0) is 4.74 Å². The topological polar surface area (TPSA) is 108 Å². The molecule has 4 N–H and O–H groups in total. The summed E-state index contributed by atoms with van der Waals surface area (Å²) >= 11 is 0. The van der Waals surface area contributed by atoms with Gasteiger partial charge in [-0.1, -0.05) is 66.7 Å². The molecule has 4 rings (SSSR count). The average Bonchev–Trinajstić information content (AvgIpc) is 3.15. The Kier molecular flexibility index (Phi) is 6.84. The highest BCUT2D eigenvalue weighted by Crippen LogP contribution is 2.26. The number of carbonyl (C=O) groups excluding carboxylic acids is 2. The molecule has 170 valence electrons. The molecule has 1 aliphatic rings. The van der Waals surface area contributed by atoms with Gasteiger partial charge in [0.2, 0.25) is 0 Å². The van der Waals surface area contributed by atoms with Gasteiger partial charge in [-0.3, -0.25) is 9.59 Å². The molecule has 0 radical (unpaired) electrons. The molecule has 0 aromatic heterocycles. The molecule has 0 aliphatic carbocycles. The van der Waals surface area contributed by atoms with Gasteiger partial charge in [0, 0.05) is 17.7 Å². The molecular formula is C26H26N2O5. The number of nitrogens with one attached hydrogen (secondary N) is 2. The van der Waals surface area contributed by atoms with Crippen molar-refractivity contribution >= 4 is 11.8 Å². The summed E-state index contributed by atoms with van der Waals surface area (Å²) in [6, 6.07) is 25.5.